The van der Waals surface area contributed by atoms with Crippen molar-refractivity contribution in [2.75, 3.05) is 7.04 Å². The number of carbonyl (C=O) groups excluding carboxylic acids is 4. The molecule has 12 nitrogen and oxygen atoms in total. The van der Waals surface area contributed by atoms with E-state index in [1.165, 1.54) is 54.5 Å². The molecular weight excluding hydrogens is 740 g/mol. The Balaban J connectivity index is 1.74. The summed E-state index contributed by atoms with van der Waals surface area (Å²) >= 11 is 3.10. The summed E-state index contributed by atoms with van der Waals surface area (Å²) < 4.78 is 92.1. The number of hydrogen-bond donors (Lipinski definition) is 3. The van der Waals surface area contributed by atoms with Crippen LogP contribution >= 0.6 is 15.9 Å². The molecule has 0 unspecified atom stereocenters. The normalized spacial score (nSPS) is 18.7. The molecule has 3 aromatic rings. The van der Waals surface area contributed by atoms with Crippen molar-refractivity contribution in [1.29, 1.82) is 0 Å². The van der Waals surface area contributed by atoms with Gasteiger partial charge in [0.25, 0.3) is 0 Å². The third-order valence-electron chi connectivity index (χ3n) is 9.10. The van der Waals surface area contributed by atoms with Crippen molar-refractivity contribution in [2.45, 2.75) is 74.7 Å². The number of phenols is 1. The average molecular weight is 789 g/mol. The maximum absolute atomic E-state index is 13.9. The maximum atomic E-state index is 13.9. The number of halogens is 1. The zero-order valence-corrected chi connectivity index (χ0v) is 30.7. The standard InChI is InChI=1S/C39H39BrO12/c1-15-12-26(17(3)18(4)28(15)36(45)51-33-22(8)19(5)29(35(43)44)20(6)23(33)9)50-37(46)30-21(7)24(10)34(31(40)32(30)42)52-38(47)39(48)16(2)13-25(41)14-27(39)49-11/h12-14,42,48H,1-11H3,(H,43,44)/t39-/m1/s1/i8D3,9D3,11D3. The Morgan fingerprint density at radius 2 is 1.29 bits per heavy atom. The summed E-state index contributed by atoms with van der Waals surface area (Å²) in [6.07, 6.45) is 1.48. The lowest BCUT2D eigenvalue weighted by atomic mass is 9.87. The lowest BCUT2D eigenvalue weighted by Crippen LogP contribution is -2.47. The summed E-state index contributed by atoms with van der Waals surface area (Å²) in [6, 6.07) is 1.26. The van der Waals surface area contributed by atoms with E-state index in [1.807, 2.05) is 0 Å². The van der Waals surface area contributed by atoms with Crippen LogP contribution in [-0.2, 0) is 14.3 Å². The number of carbonyl (C=O) groups is 5. The van der Waals surface area contributed by atoms with Crippen LogP contribution in [0.25, 0.3) is 0 Å². The highest BCUT2D eigenvalue weighted by atomic mass is 79.9. The molecule has 13 heteroatoms. The topological polar surface area (TPSA) is 183 Å². The smallest absolute Gasteiger partial charge is 0.356 e. The average Bonchev–Trinajstić information content (AvgIpc) is 3.08. The number of esters is 3. The van der Waals surface area contributed by atoms with Gasteiger partial charge in [0.1, 0.15) is 33.0 Å². The fourth-order valence-electron chi connectivity index (χ4n) is 5.79. The van der Waals surface area contributed by atoms with Crippen molar-refractivity contribution < 1.29 is 70.6 Å². The van der Waals surface area contributed by atoms with E-state index < -0.39 is 101 Å². The second-order valence-corrected chi connectivity index (χ2v) is 13.0. The molecule has 3 N–H and O–H groups in total. The van der Waals surface area contributed by atoms with Crippen LogP contribution in [0.15, 0.2) is 34.0 Å². The lowest BCUT2D eigenvalue weighted by molar-refractivity contribution is -0.151. The summed E-state index contributed by atoms with van der Waals surface area (Å²) in [5.41, 5.74) is -6.06. The number of phenolic OH excluding ortho intramolecular Hbond substituents is 1. The Morgan fingerprint density at radius 1 is 0.731 bits per heavy atom. The van der Waals surface area contributed by atoms with Crippen LogP contribution in [-0.4, -0.2) is 57.6 Å². The zero-order chi connectivity index (χ0) is 46.8. The van der Waals surface area contributed by atoms with Crippen molar-refractivity contribution in [1.82, 2.24) is 0 Å². The molecule has 0 amide bonds. The molecule has 52 heavy (non-hydrogen) atoms. The van der Waals surface area contributed by atoms with Gasteiger partial charge in [0.05, 0.1) is 22.3 Å². The fraction of sp³-hybridized carbons (Fsp3) is 0.308. The quantitative estimate of drug-likeness (QED) is 0.161. The lowest BCUT2D eigenvalue weighted by Gasteiger charge is -2.30. The van der Waals surface area contributed by atoms with E-state index in [9.17, 15) is 39.3 Å². The number of carboxylic acids is 1. The first-order chi connectivity index (χ1) is 27.7. The number of benzene rings is 3. The SMILES string of the molecule is [2H]C([2H])([2H])OC1=CC(=O)C=C(C)[C@]1(O)C(=O)Oc1c(C)c(C)c(C(=O)Oc2cc(C)c(C(=O)Oc3c(C([2H])([2H])[2H])c(C)c(C(=O)O)c(C)c3C([2H])([2H])[2H])c(C)c2C)c(O)c1Br. The molecule has 0 fully saturated rings. The molecule has 3 aromatic carbocycles. The number of carboxylic acid groups (broad SMARTS) is 1. The molecule has 1 atom stereocenters. The molecule has 1 aliphatic carbocycles. The van der Waals surface area contributed by atoms with E-state index in [2.05, 4.69) is 15.9 Å². The monoisotopic (exact) mass is 787 g/mol. The fourth-order valence-corrected chi connectivity index (χ4v) is 6.36. The summed E-state index contributed by atoms with van der Waals surface area (Å²) in [5, 5.41) is 32.5. The minimum Gasteiger partial charge on any atom is -0.506 e. The number of ether oxygens (including phenoxy) is 4. The van der Waals surface area contributed by atoms with E-state index in [-0.39, 0.29) is 60.3 Å². The van der Waals surface area contributed by atoms with Gasteiger partial charge in [-0.2, -0.15) is 0 Å². The Kier molecular flexibility index (Phi) is 7.84. The van der Waals surface area contributed by atoms with Crippen LogP contribution < -0.4 is 14.2 Å². The highest BCUT2D eigenvalue weighted by Crippen LogP contribution is 2.44. The number of hydrogen-bond acceptors (Lipinski definition) is 11. The third kappa shape index (κ3) is 6.50. The first-order valence-electron chi connectivity index (χ1n) is 19.7. The molecule has 0 saturated carbocycles. The maximum Gasteiger partial charge on any atom is 0.356 e. The molecule has 0 bridgehead atoms. The van der Waals surface area contributed by atoms with E-state index in [4.69, 9.17) is 31.3 Å². The number of aryl methyl sites for hydroxylation is 1. The summed E-state index contributed by atoms with van der Waals surface area (Å²) in [6.45, 7) is 4.32. The molecule has 0 aliphatic heterocycles. The second kappa shape index (κ2) is 14.4. The Hall–Kier alpha value is -5.27. The third-order valence-corrected chi connectivity index (χ3v) is 9.84. The molecule has 0 aromatic heterocycles. The van der Waals surface area contributed by atoms with Crippen molar-refractivity contribution in [2.24, 2.45) is 0 Å². The van der Waals surface area contributed by atoms with Crippen molar-refractivity contribution >= 4 is 45.6 Å². The number of aromatic hydroxyl groups is 1. The van der Waals surface area contributed by atoms with E-state index in [1.54, 1.807) is 0 Å². The highest BCUT2D eigenvalue weighted by Gasteiger charge is 2.48. The molecule has 0 spiro atoms. The van der Waals surface area contributed by atoms with Crippen molar-refractivity contribution in [3.63, 3.8) is 0 Å². The van der Waals surface area contributed by atoms with Crippen molar-refractivity contribution in [3.8, 4) is 23.0 Å². The van der Waals surface area contributed by atoms with Crippen LogP contribution in [0.3, 0.4) is 0 Å². The molecule has 4 rings (SSSR count). The van der Waals surface area contributed by atoms with Crippen LogP contribution in [0.1, 0.15) is 100 Å². The molecule has 0 saturated heterocycles. The van der Waals surface area contributed by atoms with Gasteiger partial charge < -0.3 is 34.3 Å². The molecule has 0 heterocycles. The van der Waals surface area contributed by atoms with E-state index >= 15 is 0 Å². The van der Waals surface area contributed by atoms with Gasteiger partial charge in [-0.15, -0.1) is 0 Å². The van der Waals surface area contributed by atoms with Gasteiger partial charge in [-0.05, 0) is 153 Å². The number of ketones is 1. The first kappa shape index (κ1) is 28.3. The summed E-state index contributed by atoms with van der Waals surface area (Å²) in [7, 11) is -3.18. The van der Waals surface area contributed by atoms with Crippen LogP contribution in [0.2, 0.25) is 0 Å². The highest BCUT2D eigenvalue weighted by molar-refractivity contribution is 9.10. The van der Waals surface area contributed by atoms with Crippen LogP contribution in [0.4, 0.5) is 0 Å². The second-order valence-electron chi connectivity index (χ2n) is 12.2. The van der Waals surface area contributed by atoms with Gasteiger partial charge in [-0.1, -0.05) is 0 Å². The molecule has 1 aliphatic rings. The zero-order valence-electron chi connectivity index (χ0n) is 38.1. The van der Waals surface area contributed by atoms with Gasteiger partial charge in [0.2, 0.25) is 5.60 Å². The first-order valence-corrected chi connectivity index (χ1v) is 16.0. The largest absolute Gasteiger partial charge is 0.506 e. The molecule has 274 valence electrons. The predicted molar refractivity (Wildman–Crippen MR) is 193 cm³/mol. The van der Waals surface area contributed by atoms with E-state index in [0.717, 1.165) is 13.0 Å². The number of allylic oxidation sites excluding steroid dienone is 2. The minimum atomic E-state index is -3.18. The summed E-state index contributed by atoms with van der Waals surface area (Å²) in [4.78, 5) is 65.5. The summed E-state index contributed by atoms with van der Waals surface area (Å²) in [5.74, 6) is -9.29. The minimum absolute atomic E-state index is 0.0157. The number of rotatable bonds is 8. The number of aliphatic hydroxyl groups is 1. The Labute approximate surface area is 321 Å². The van der Waals surface area contributed by atoms with Crippen LogP contribution in [0.5, 0.6) is 23.0 Å². The molecule has 0 radical (unpaired) electrons. The number of aromatic carboxylic acids is 1. The van der Waals surface area contributed by atoms with E-state index in [0.29, 0.717) is 6.08 Å². The predicted octanol–water partition coefficient (Wildman–Crippen LogP) is 6.76. The van der Waals surface area contributed by atoms with Crippen LogP contribution in [0, 0.1) is 62.2 Å². The van der Waals surface area contributed by atoms with Gasteiger partial charge in [-0.3, -0.25) is 4.79 Å². The van der Waals surface area contributed by atoms with Gasteiger partial charge >= 0.3 is 23.9 Å². The number of methoxy groups -OCH3 is 1. The van der Waals surface area contributed by atoms with Gasteiger partial charge in [-0.25, -0.2) is 19.2 Å². The van der Waals surface area contributed by atoms with Crippen molar-refractivity contribution in [3.05, 3.63) is 101 Å². The Morgan fingerprint density at radius 3 is 1.85 bits per heavy atom. The van der Waals surface area contributed by atoms with Gasteiger partial charge in [0, 0.05) is 14.3 Å². The molecular formula is C39H39BrO12. The van der Waals surface area contributed by atoms with Gasteiger partial charge in [0.15, 0.2) is 11.5 Å². The Bertz CT molecular complexity index is 2440.